The van der Waals surface area contributed by atoms with Crippen LogP contribution in [-0.2, 0) is 0 Å². The molecule has 1 fully saturated rings. The molecule has 2 aromatic rings. The maximum atomic E-state index is 12.5. The van der Waals surface area contributed by atoms with Crippen LogP contribution in [0.1, 0.15) is 19.8 Å². The summed E-state index contributed by atoms with van der Waals surface area (Å²) in [6, 6.07) is 17.0. The summed E-state index contributed by atoms with van der Waals surface area (Å²) in [6.45, 7) is 3.82. The van der Waals surface area contributed by atoms with E-state index in [4.69, 9.17) is 4.74 Å². The number of carbonyl (C=O) groups excluding carboxylic acids is 1. The van der Waals surface area contributed by atoms with Crippen LogP contribution in [0.15, 0.2) is 54.6 Å². The maximum absolute atomic E-state index is 12.5. The van der Waals surface area contributed by atoms with Gasteiger partial charge in [0.25, 0.3) is 0 Å². The van der Waals surface area contributed by atoms with Crippen LogP contribution >= 0.6 is 0 Å². The molecule has 0 spiro atoms. The van der Waals surface area contributed by atoms with Gasteiger partial charge in [0.15, 0.2) is 5.75 Å². The van der Waals surface area contributed by atoms with Crippen LogP contribution in [0.25, 0.3) is 0 Å². The molecule has 1 atom stereocenters. The minimum Gasteiger partial charge on any atom is -0.455 e. The Kier molecular flexibility index (Phi) is 4.81. The molecular formula is C19H22N2O2. The average Bonchev–Trinajstić information content (AvgIpc) is 2.57. The highest BCUT2D eigenvalue weighted by Gasteiger charge is 2.21. The lowest BCUT2D eigenvalue weighted by Crippen LogP contribution is -2.41. The highest BCUT2D eigenvalue weighted by Crippen LogP contribution is 2.29. The number of para-hydroxylation sites is 3. The third-order valence-electron chi connectivity index (χ3n) is 4.04. The van der Waals surface area contributed by atoms with Crippen molar-refractivity contribution in [2.75, 3.05) is 18.4 Å². The van der Waals surface area contributed by atoms with Gasteiger partial charge in [-0.1, -0.05) is 37.3 Å². The van der Waals surface area contributed by atoms with Gasteiger partial charge in [-0.05, 0) is 43.0 Å². The lowest BCUT2D eigenvalue weighted by molar-refractivity contribution is 0.182. The fraction of sp³-hybridized carbons (Fsp3) is 0.316. The van der Waals surface area contributed by atoms with E-state index >= 15 is 0 Å². The summed E-state index contributed by atoms with van der Waals surface area (Å²) in [4.78, 5) is 14.4. The van der Waals surface area contributed by atoms with Crippen LogP contribution in [0.4, 0.5) is 10.5 Å². The number of piperidine rings is 1. The predicted molar refractivity (Wildman–Crippen MR) is 91.9 cm³/mol. The zero-order chi connectivity index (χ0) is 16.1. The second kappa shape index (κ2) is 7.18. The lowest BCUT2D eigenvalue weighted by atomic mass is 10.0. The summed E-state index contributed by atoms with van der Waals surface area (Å²) < 4.78 is 5.89. The number of hydrogen-bond donors (Lipinski definition) is 1. The Hall–Kier alpha value is -2.49. The third kappa shape index (κ3) is 4.03. The van der Waals surface area contributed by atoms with Crippen molar-refractivity contribution in [2.45, 2.75) is 19.8 Å². The zero-order valence-electron chi connectivity index (χ0n) is 13.4. The second-order valence-corrected chi connectivity index (χ2v) is 6.03. The van der Waals surface area contributed by atoms with Crippen LogP contribution < -0.4 is 10.1 Å². The highest BCUT2D eigenvalue weighted by molar-refractivity contribution is 5.91. The molecule has 0 saturated carbocycles. The van der Waals surface area contributed by atoms with Gasteiger partial charge in [-0.15, -0.1) is 0 Å². The largest absolute Gasteiger partial charge is 0.455 e. The fourth-order valence-electron chi connectivity index (χ4n) is 2.84. The summed E-state index contributed by atoms with van der Waals surface area (Å²) >= 11 is 0. The van der Waals surface area contributed by atoms with Crippen LogP contribution in [0.5, 0.6) is 11.5 Å². The average molecular weight is 310 g/mol. The van der Waals surface area contributed by atoms with E-state index in [2.05, 4.69) is 12.2 Å². The molecule has 1 aliphatic rings. The van der Waals surface area contributed by atoms with Crippen LogP contribution in [0, 0.1) is 5.92 Å². The number of nitrogens with one attached hydrogen (secondary N) is 1. The van der Waals surface area contributed by atoms with Gasteiger partial charge in [-0.3, -0.25) is 0 Å². The van der Waals surface area contributed by atoms with Gasteiger partial charge in [0.1, 0.15) is 5.75 Å². The first kappa shape index (κ1) is 15.4. The number of hydrogen-bond acceptors (Lipinski definition) is 2. The predicted octanol–water partition coefficient (Wildman–Crippen LogP) is 4.74. The number of likely N-dealkylation sites (tertiary alicyclic amines) is 1. The van der Waals surface area contributed by atoms with Crippen molar-refractivity contribution < 1.29 is 9.53 Å². The minimum atomic E-state index is -0.0549. The Morgan fingerprint density at radius 2 is 1.87 bits per heavy atom. The van der Waals surface area contributed by atoms with Crippen molar-refractivity contribution in [2.24, 2.45) is 5.92 Å². The topological polar surface area (TPSA) is 41.6 Å². The van der Waals surface area contributed by atoms with Crippen molar-refractivity contribution in [3.63, 3.8) is 0 Å². The van der Waals surface area contributed by atoms with Crippen molar-refractivity contribution in [3.8, 4) is 11.5 Å². The number of ether oxygens (including phenoxy) is 1. The van der Waals surface area contributed by atoms with Crippen molar-refractivity contribution >= 4 is 11.7 Å². The van der Waals surface area contributed by atoms with E-state index in [-0.39, 0.29) is 6.03 Å². The van der Waals surface area contributed by atoms with Gasteiger partial charge in [0, 0.05) is 13.1 Å². The van der Waals surface area contributed by atoms with Crippen molar-refractivity contribution in [1.29, 1.82) is 0 Å². The van der Waals surface area contributed by atoms with E-state index in [1.54, 1.807) is 0 Å². The number of amides is 2. The van der Waals surface area contributed by atoms with E-state index < -0.39 is 0 Å². The Balaban J connectivity index is 1.71. The summed E-state index contributed by atoms with van der Waals surface area (Å²) in [5, 5.41) is 2.98. The molecule has 4 nitrogen and oxygen atoms in total. The summed E-state index contributed by atoms with van der Waals surface area (Å²) in [6.07, 6.45) is 2.26. The van der Waals surface area contributed by atoms with Gasteiger partial charge in [0.05, 0.1) is 5.69 Å². The zero-order valence-corrected chi connectivity index (χ0v) is 13.4. The fourth-order valence-corrected chi connectivity index (χ4v) is 2.84. The molecule has 0 aromatic heterocycles. The molecule has 23 heavy (non-hydrogen) atoms. The molecule has 3 rings (SSSR count). The Bertz CT molecular complexity index is 657. The Labute approximate surface area is 137 Å². The lowest BCUT2D eigenvalue weighted by Gasteiger charge is -2.31. The van der Waals surface area contributed by atoms with E-state index in [0.717, 1.165) is 25.3 Å². The molecule has 120 valence electrons. The van der Waals surface area contributed by atoms with Crippen molar-refractivity contribution in [3.05, 3.63) is 54.6 Å². The first-order valence-electron chi connectivity index (χ1n) is 8.10. The van der Waals surface area contributed by atoms with E-state index in [1.807, 2.05) is 59.5 Å². The van der Waals surface area contributed by atoms with E-state index in [0.29, 0.717) is 17.4 Å². The smallest absolute Gasteiger partial charge is 0.321 e. The monoisotopic (exact) mass is 310 g/mol. The first-order chi connectivity index (χ1) is 11.2. The van der Waals surface area contributed by atoms with Gasteiger partial charge in [-0.25, -0.2) is 4.79 Å². The molecule has 1 N–H and O–H groups in total. The Morgan fingerprint density at radius 3 is 2.65 bits per heavy atom. The molecule has 0 radical (unpaired) electrons. The second-order valence-electron chi connectivity index (χ2n) is 6.03. The SMILES string of the molecule is CC1CCCN(C(=O)Nc2ccccc2Oc2ccccc2)C1. The van der Waals surface area contributed by atoms with Crippen LogP contribution in [-0.4, -0.2) is 24.0 Å². The van der Waals surface area contributed by atoms with Gasteiger partial charge < -0.3 is 15.0 Å². The van der Waals surface area contributed by atoms with Gasteiger partial charge in [0.2, 0.25) is 0 Å². The van der Waals surface area contributed by atoms with Crippen molar-refractivity contribution in [1.82, 2.24) is 4.90 Å². The van der Waals surface area contributed by atoms with E-state index in [1.165, 1.54) is 6.42 Å². The molecular weight excluding hydrogens is 288 g/mol. The van der Waals surface area contributed by atoms with Crippen LogP contribution in [0.2, 0.25) is 0 Å². The summed E-state index contributed by atoms with van der Waals surface area (Å²) in [7, 11) is 0. The first-order valence-corrected chi connectivity index (χ1v) is 8.10. The van der Waals surface area contributed by atoms with Gasteiger partial charge in [-0.2, -0.15) is 0 Å². The molecule has 1 aliphatic heterocycles. The number of benzene rings is 2. The molecule has 1 heterocycles. The molecule has 0 aliphatic carbocycles. The molecule has 0 bridgehead atoms. The maximum Gasteiger partial charge on any atom is 0.321 e. The highest BCUT2D eigenvalue weighted by atomic mass is 16.5. The molecule has 2 aromatic carbocycles. The van der Waals surface area contributed by atoms with Gasteiger partial charge >= 0.3 is 6.03 Å². The quantitative estimate of drug-likeness (QED) is 0.889. The molecule has 1 saturated heterocycles. The molecule has 1 unspecified atom stereocenters. The summed E-state index contributed by atoms with van der Waals surface area (Å²) in [5.41, 5.74) is 0.694. The standard InChI is InChI=1S/C19H22N2O2/c1-15-8-7-13-21(14-15)19(22)20-17-11-5-6-12-18(17)23-16-9-3-2-4-10-16/h2-6,9-12,15H,7-8,13-14H2,1H3,(H,20,22). The number of carbonyl (C=O) groups is 1. The molecule has 4 heteroatoms. The normalized spacial score (nSPS) is 17.6. The number of rotatable bonds is 3. The summed E-state index contributed by atoms with van der Waals surface area (Å²) in [5.74, 6) is 1.96. The number of anilines is 1. The van der Waals surface area contributed by atoms with E-state index in [9.17, 15) is 4.79 Å². The Morgan fingerprint density at radius 1 is 1.13 bits per heavy atom. The number of nitrogens with zero attached hydrogens (tertiary/aromatic N) is 1. The molecule has 2 amide bonds. The van der Waals surface area contributed by atoms with Crippen LogP contribution in [0.3, 0.4) is 0 Å². The minimum absolute atomic E-state index is 0.0549. The number of urea groups is 1. The third-order valence-corrected chi connectivity index (χ3v) is 4.04.